The zero-order valence-corrected chi connectivity index (χ0v) is 20.5. The van der Waals surface area contributed by atoms with E-state index in [1.54, 1.807) is 23.1 Å². The summed E-state index contributed by atoms with van der Waals surface area (Å²) in [6.07, 6.45) is 2.86. The zero-order chi connectivity index (χ0) is 24.7. The average Bonchev–Trinajstić information content (AvgIpc) is 3.22. The second-order valence-corrected chi connectivity index (χ2v) is 10.3. The highest BCUT2D eigenvalue weighted by molar-refractivity contribution is 6.32. The third-order valence-electron chi connectivity index (χ3n) is 6.18. The standard InChI is InChI=1S/C25H26ClN5O4/c1-25(2,3)35-24(32)30-10-16-12-33-13-17(11-30)21(16)34-23-18-6-7-31(22(18)28-14-29-23)20-5-4-15(9-27)8-19(20)26/h4-8,14,16-17,21H,10-13H2,1-3H3. The maximum atomic E-state index is 12.7. The summed E-state index contributed by atoms with van der Waals surface area (Å²) < 4.78 is 19.7. The van der Waals surface area contributed by atoms with Crippen molar-refractivity contribution in [2.45, 2.75) is 32.5 Å². The van der Waals surface area contributed by atoms with Gasteiger partial charge in [-0.15, -0.1) is 0 Å². The first-order valence-corrected chi connectivity index (χ1v) is 11.9. The number of ether oxygens (including phenoxy) is 3. The van der Waals surface area contributed by atoms with Gasteiger partial charge in [0, 0.05) is 31.1 Å². The number of nitrogens with zero attached hydrogens (tertiary/aromatic N) is 5. The molecule has 2 aromatic heterocycles. The van der Waals surface area contributed by atoms with Crippen molar-refractivity contribution in [3.8, 4) is 17.6 Å². The minimum atomic E-state index is -0.548. The maximum Gasteiger partial charge on any atom is 0.410 e. The quantitative estimate of drug-likeness (QED) is 0.536. The molecule has 1 aromatic carbocycles. The van der Waals surface area contributed by atoms with Crippen LogP contribution < -0.4 is 4.74 Å². The van der Waals surface area contributed by atoms with Gasteiger partial charge < -0.3 is 19.1 Å². The van der Waals surface area contributed by atoms with Crippen LogP contribution in [0.1, 0.15) is 26.3 Å². The van der Waals surface area contributed by atoms with Crippen molar-refractivity contribution < 1.29 is 19.0 Å². The number of piperidine rings is 1. The number of carbonyl (C=O) groups is 1. The number of hydrogen-bond acceptors (Lipinski definition) is 7. The lowest BCUT2D eigenvalue weighted by atomic mass is 9.84. The fraction of sp³-hybridized carbons (Fsp3) is 0.440. The Bertz CT molecular complexity index is 1300. The van der Waals surface area contributed by atoms with Gasteiger partial charge in [0.2, 0.25) is 5.88 Å². The Kier molecular flexibility index (Phi) is 6.03. The Morgan fingerprint density at radius 1 is 1.20 bits per heavy atom. The molecular weight excluding hydrogens is 470 g/mol. The SMILES string of the molecule is CC(C)(C)OC(=O)N1CC2COCC(C1)C2Oc1ncnc2c1ccn2-c1ccc(C#N)cc1Cl. The number of fused-ring (bicyclic) bond motifs is 3. The number of halogens is 1. The minimum Gasteiger partial charge on any atom is -0.473 e. The van der Waals surface area contributed by atoms with Gasteiger partial charge in [-0.3, -0.25) is 4.57 Å². The fourth-order valence-electron chi connectivity index (χ4n) is 4.68. The Labute approximate surface area is 208 Å². The van der Waals surface area contributed by atoms with Crippen molar-refractivity contribution >= 4 is 28.7 Å². The molecule has 0 radical (unpaired) electrons. The van der Waals surface area contributed by atoms with E-state index in [0.717, 1.165) is 5.39 Å². The molecule has 10 heteroatoms. The van der Waals surface area contributed by atoms with Crippen LogP contribution in [0.25, 0.3) is 16.7 Å². The normalized spacial score (nSPS) is 22.0. The molecule has 2 atom stereocenters. The van der Waals surface area contributed by atoms with Crippen LogP contribution >= 0.6 is 11.6 Å². The summed E-state index contributed by atoms with van der Waals surface area (Å²) in [4.78, 5) is 23.3. The van der Waals surface area contributed by atoms with Crippen LogP contribution in [0.2, 0.25) is 5.02 Å². The summed E-state index contributed by atoms with van der Waals surface area (Å²) in [5.41, 5.74) is 1.30. The molecule has 0 aliphatic carbocycles. The third-order valence-corrected chi connectivity index (χ3v) is 6.49. The summed E-state index contributed by atoms with van der Waals surface area (Å²) >= 11 is 6.44. The molecule has 2 unspecified atom stereocenters. The smallest absolute Gasteiger partial charge is 0.410 e. The third kappa shape index (κ3) is 4.64. The van der Waals surface area contributed by atoms with Crippen molar-refractivity contribution in [3.05, 3.63) is 47.4 Å². The van der Waals surface area contributed by atoms with E-state index in [0.29, 0.717) is 54.1 Å². The lowest BCUT2D eigenvalue weighted by Gasteiger charge is -2.46. The van der Waals surface area contributed by atoms with Crippen molar-refractivity contribution in [3.63, 3.8) is 0 Å². The number of rotatable bonds is 3. The number of hydrogen-bond donors (Lipinski definition) is 0. The monoisotopic (exact) mass is 495 g/mol. The molecule has 5 rings (SSSR count). The molecule has 2 aliphatic heterocycles. The molecule has 1 amide bonds. The summed E-state index contributed by atoms with van der Waals surface area (Å²) in [6, 6.07) is 9.11. The van der Waals surface area contributed by atoms with E-state index in [4.69, 9.17) is 31.1 Å². The molecule has 0 spiro atoms. The first-order chi connectivity index (χ1) is 16.7. The Hall–Kier alpha value is -3.35. The van der Waals surface area contributed by atoms with E-state index in [9.17, 15) is 4.79 Å². The second kappa shape index (κ2) is 9.02. The van der Waals surface area contributed by atoms with Gasteiger partial charge in [0.05, 0.1) is 40.9 Å². The molecular formula is C25H26ClN5O4. The lowest BCUT2D eigenvalue weighted by Crippen LogP contribution is -2.59. The van der Waals surface area contributed by atoms with E-state index >= 15 is 0 Å². The molecule has 9 nitrogen and oxygen atoms in total. The highest BCUT2D eigenvalue weighted by Crippen LogP contribution is 2.35. The summed E-state index contributed by atoms with van der Waals surface area (Å²) in [6.45, 7) is 7.57. The first kappa shape index (κ1) is 23.4. The number of benzene rings is 1. The highest BCUT2D eigenvalue weighted by Gasteiger charge is 2.44. The largest absolute Gasteiger partial charge is 0.473 e. The molecule has 182 valence electrons. The van der Waals surface area contributed by atoms with E-state index < -0.39 is 5.60 Å². The molecule has 0 N–H and O–H groups in total. The number of carbonyl (C=O) groups excluding carboxylic acids is 1. The Balaban J connectivity index is 1.40. The summed E-state index contributed by atoms with van der Waals surface area (Å²) in [5, 5.41) is 10.3. The van der Waals surface area contributed by atoms with Gasteiger partial charge in [0.1, 0.15) is 18.0 Å². The molecule has 2 saturated heterocycles. The molecule has 2 aliphatic rings. The van der Waals surface area contributed by atoms with Crippen molar-refractivity contribution in [1.82, 2.24) is 19.4 Å². The molecule has 35 heavy (non-hydrogen) atoms. The lowest BCUT2D eigenvalue weighted by molar-refractivity contribution is -0.112. The van der Waals surface area contributed by atoms with Gasteiger partial charge in [-0.2, -0.15) is 5.26 Å². The van der Waals surface area contributed by atoms with Gasteiger partial charge in [0.15, 0.2) is 5.65 Å². The summed E-state index contributed by atoms with van der Waals surface area (Å²) in [5.74, 6) is 0.469. The van der Waals surface area contributed by atoms with Gasteiger partial charge in [-0.1, -0.05) is 11.6 Å². The Morgan fingerprint density at radius 3 is 2.60 bits per heavy atom. The van der Waals surface area contributed by atoms with Crippen molar-refractivity contribution in [2.75, 3.05) is 26.3 Å². The topological polar surface area (TPSA) is 102 Å². The fourth-order valence-corrected chi connectivity index (χ4v) is 4.96. The highest BCUT2D eigenvalue weighted by atomic mass is 35.5. The maximum absolute atomic E-state index is 12.7. The minimum absolute atomic E-state index is 0.00455. The Morgan fingerprint density at radius 2 is 1.94 bits per heavy atom. The van der Waals surface area contributed by atoms with E-state index in [2.05, 4.69) is 16.0 Å². The van der Waals surface area contributed by atoms with Crippen molar-refractivity contribution in [2.24, 2.45) is 11.8 Å². The van der Waals surface area contributed by atoms with Crippen LogP contribution in [0.4, 0.5) is 4.79 Å². The van der Waals surface area contributed by atoms with Crippen LogP contribution in [-0.2, 0) is 9.47 Å². The molecule has 3 aromatic rings. The number of likely N-dealkylation sites (tertiary alicyclic amines) is 1. The van der Waals surface area contributed by atoms with Crippen LogP contribution in [0.3, 0.4) is 0 Å². The predicted octanol–water partition coefficient (Wildman–Crippen LogP) is 4.21. The zero-order valence-electron chi connectivity index (χ0n) is 19.8. The van der Waals surface area contributed by atoms with Gasteiger partial charge >= 0.3 is 6.09 Å². The molecule has 4 heterocycles. The van der Waals surface area contributed by atoms with Crippen LogP contribution in [0.5, 0.6) is 5.88 Å². The van der Waals surface area contributed by atoms with E-state index in [1.807, 2.05) is 37.6 Å². The van der Waals surface area contributed by atoms with Crippen LogP contribution in [0, 0.1) is 23.2 Å². The predicted molar refractivity (Wildman–Crippen MR) is 129 cm³/mol. The summed E-state index contributed by atoms with van der Waals surface area (Å²) in [7, 11) is 0. The molecule has 2 fully saturated rings. The van der Waals surface area contributed by atoms with Gasteiger partial charge in [-0.25, -0.2) is 14.8 Å². The number of amides is 1. The molecule has 2 bridgehead atoms. The second-order valence-electron chi connectivity index (χ2n) is 9.91. The molecule has 0 saturated carbocycles. The van der Waals surface area contributed by atoms with E-state index in [-0.39, 0.29) is 24.0 Å². The van der Waals surface area contributed by atoms with Crippen molar-refractivity contribution in [1.29, 1.82) is 5.26 Å². The van der Waals surface area contributed by atoms with Gasteiger partial charge in [-0.05, 0) is 45.0 Å². The van der Waals surface area contributed by atoms with Gasteiger partial charge in [0.25, 0.3) is 0 Å². The first-order valence-electron chi connectivity index (χ1n) is 11.5. The average molecular weight is 496 g/mol. The van der Waals surface area contributed by atoms with Crippen LogP contribution in [-0.4, -0.2) is 63.5 Å². The van der Waals surface area contributed by atoms with Crippen LogP contribution in [0.15, 0.2) is 36.8 Å². The number of nitriles is 1. The number of aromatic nitrogens is 3. The van der Waals surface area contributed by atoms with E-state index in [1.165, 1.54) is 6.33 Å².